The van der Waals surface area contributed by atoms with Gasteiger partial charge in [0.05, 0.1) is 23.8 Å². The number of halogens is 3. The van der Waals surface area contributed by atoms with Crippen molar-refractivity contribution >= 4 is 15.5 Å². The van der Waals surface area contributed by atoms with E-state index in [1.165, 1.54) is 18.2 Å². The Morgan fingerprint density at radius 2 is 1.95 bits per heavy atom. The Kier molecular flexibility index (Phi) is 5.12. The first-order chi connectivity index (χ1) is 10.3. The minimum absolute atomic E-state index is 0.0347. The van der Waals surface area contributed by atoms with Gasteiger partial charge in [-0.3, -0.25) is 0 Å². The second-order valence-corrected chi connectivity index (χ2v) is 6.72. The van der Waals surface area contributed by atoms with Crippen LogP contribution in [-0.2, 0) is 14.6 Å². The van der Waals surface area contributed by atoms with Gasteiger partial charge in [0.15, 0.2) is 0 Å². The lowest BCUT2D eigenvalue weighted by molar-refractivity contribution is -0.0435. The van der Waals surface area contributed by atoms with Gasteiger partial charge in [0.1, 0.15) is 0 Å². The SMILES string of the molecule is O=S(=O)(c1ccccc1NCCC1=CCOCC1)C(F)(F)F. The third-order valence-corrected chi connectivity index (χ3v) is 4.84. The molecule has 0 bridgehead atoms. The van der Waals surface area contributed by atoms with Crippen LogP contribution >= 0.6 is 0 Å². The second kappa shape index (κ2) is 6.70. The van der Waals surface area contributed by atoms with Crippen molar-refractivity contribution in [2.24, 2.45) is 0 Å². The molecular weight excluding hydrogens is 319 g/mol. The molecule has 2 rings (SSSR count). The molecule has 1 aliphatic heterocycles. The zero-order valence-corrected chi connectivity index (χ0v) is 12.5. The average Bonchev–Trinajstić information content (AvgIpc) is 2.47. The van der Waals surface area contributed by atoms with Crippen LogP contribution in [-0.4, -0.2) is 33.7 Å². The van der Waals surface area contributed by atoms with Crippen LogP contribution in [0, 0.1) is 0 Å². The number of rotatable bonds is 5. The molecule has 0 atom stereocenters. The second-order valence-electron chi connectivity index (χ2n) is 4.81. The molecule has 1 heterocycles. The Balaban J connectivity index is 2.11. The van der Waals surface area contributed by atoms with Crippen molar-refractivity contribution in [1.82, 2.24) is 0 Å². The molecule has 1 aromatic rings. The minimum atomic E-state index is -5.36. The topological polar surface area (TPSA) is 55.4 Å². The largest absolute Gasteiger partial charge is 0.501 e. The van der Waals surface area contributed by atoms with E-state index in [-0.39, 0.29) is 5.69 Å². The lowest BCUT2D eigenvalue weighted by Gasteiger charge is -2.16. The molecule has 1 aromatic carbocycles. The van der Waals surface area contributed by atoms with Gasteiger partial charge in [-0.05, 0) is 25.0 Å². The Labute approximate surface area is 126 Å². The number of anilines is 1. The maximum atomic E-state index is 12.7. The molecule has 1 N–H and O–H groups in total. The number of benzene rings is 1. The van der Waals surface area contributed by atoms with Gasteiger partial charge in [0.25, 0.3) is 9.84 Å². The standard InChI is InChI=1S/C14H16F3NO3S/c15-14(16,17)22(19,20)13-4-2-1-3-12(13)18-8-5-11-6-9-21-10-7-11/h1-4,6,18H,5,7-10H2. The fraction of sp³-hybridized carbons (Fsp3) is 0.429. The van der Waals surface area contributed by atoms with E-state index in [1.807, 2.05) is 6.08 Å². The average molecular weight is 335 g/mol. The first kappa shape index (κ1) is 16.8. The Morgan fingerprint density at radius 1 is 1.23 bits per heavy atom. The number of nitrogens with one attached hydrogen (secondary N) is 1. The molecular formula is C14H16F3NO3S. The van der Waals surface area contributed by atoms with Crippen LogP contribution in [0.25, 0.3) is 0 Å². The van der Waals surface area contributed by atoms with Gasteiger partial charge in [-0.25, -0.2) is 8.42 Å². The van der Waals surface area contributed by atoms with E-state index in [9.17, 15) is 21.6 Å². The van der Waals surface area contributed by atoms with E-state index in [2.05, 4.69) is 5.32 Å². The maximum Gasteiger partial charge on any atom is 0.501 e. The van der Waals surface area contributed by atoms with Gasteiger partial charge in [-0.1, -0.05) is 23.8 Å². The number of hydrogen-bond donors (Lipinski definition) is 1. The molecule has 0 radical (unpaired) electrons. The summed E-state index contributed by atoms with van der Waals surface area (Å²) in [5.74, 6) is 0. The summed E-state index contributed by atoms with van der Waals surface area (Å²) in [6.45, 7) is 1.52. The molecule has 4 nitrogen and oxygen atoms in total. The molecule has 0 aromatic heterocycles. The minimum Gasteiger partial charge on any atom is -0.384 e. The number of sulfone groups is 1. The Morgan fingerprint density at radius 3 is 2.59 bits per heavy atom. The smallest absolute Gasteiger partial charge is 0.384 e. The number of ether oxygens (including phenoxy) is 1. The summed E-state index contributed by atoms with van der Waals surface area (Å²) in [4.78, 5) is -0.747. The zero-order chi connectivity index (χ0) is 16.2. The van der Waals surface area contributed by atoms with Crippen LogP contribution in [0.15, 0.2) is 40.8 Å². The van der Waals surface area contributed by atoms with E-state index in [0.717, 1.165) is 18.1 Å². The Bertz CT molecular complexity index is 654. The third kappa shape index (κ3) is 3.80. The number of alkyl halides is 3. The van der Waals surface area contributed by atoms with E-state index < -0.39 is 20.2 Å². The van der Waals surface area contributed by atoms with Crippen molar-refractivity contribution in [3.8, 4) is 0 Å². The molecule has 0 unspecified atom stereocenters. The third-order valence-electron chi connectivity index (χ3n) is 3.30. The summed E-state index contributed by atoms with van der Waals surface area (Å²) in [5.41, 5.74) is -4.20. The monoisotopic (exact) mass is 335 g/mol. The van der Waals surface area contributed by atoms with Crippen molar-refractivity contribution in [2.75, 3.05) is 25.1 Å². The van der Waals surface area contributed by atoms with Crippen molar-refractivity contribution in [3.63, 3.8) is 0 Å². The molecule has 0 spiro atoms. The fourth-order valence-corrected chi connectivity index (χ4v) is 3.06. The predicted molar refractivity (Wildman–Crippen MR) is 76.3 cm³/mol. The van der Waals surface area contributed by atoms with Crippen molar-refractivity contribution in [3.05, 3.63) is 35.9 Å². The summed E-state index contributed by atoms with van der Waals surface area (Å²) in [5, 5.41) is 2.78. The molecule has 0 saturated carbocycles. The normalized spacial score (nSPS) is 16.2. The van der Waals surface area contributed by atoms with Gasteiger partial charge in [-0.15, -0.1) is 0 Å². The van der Waals surface area contributed by atoms with E-state index >= 15 is 0 Å². The first-order valence-corrected chi connectivity index (χ1v) is 8.20. The molecule has 0 fully saturated rings. The maximum absolute atomic E-state index is 12.7. The van der Waals surface area contributed by atoms with Crippen molar-refractivity contribution in [1.29, 1.82) is 0 Å². The highest BCUT2D eigenvalue weighted by Crippen LogP contribution is 2.34. The summed E-state index contributed by atoms with van der Waals surface area (Å²) in [7, 11) is -5.36. The molecule has 1 aliphatic rings. The highest BCUT2D eigenvalue weighted by Gasteiger charge is 2.47. The molecule has 8 heteroatoms. The van der Waals surface area contributed by atoms with Crippen LogP contribution in [0.4, 0.5) is 18.9 Å². The fourth-order valence-electron chi connectivity index (χ4n) is 2.12. The van der Waals surface area contributed by atoms with Crippen LogP contribution < -0.4 is 5.32 Å². The van der Waals surface area contributed by atoms with Crippen LogP contribution in [0.1, 0.15) is 12.8 Å². The van der Waals surface area contributed by atoms with E-state index in [1.54, 1.807) is 0 Å². The predicted octanol–water partition coefficient (Wildman–Crippen LogP) is 3.13. The van der Waals surface area contributed by atoms with E-state index in [0.29, 0.717) is 26.2 Å². The summed E-state index contributed by atoms with van der Waals surface area (Å²) in [6, 6.07) is 5.05. The van der Waals surface area contributed by atoms with Gasteiger partial charge in [0, 0.05) is 6.54 Å². The zero-order valence-electron chi connectivity index (χ0n) is 11.7. The lowest BCUT2D eigenvalue weighted by Crippen LogP contribution is -2.24. The van der Waals surface area contributed by atoms with Crippen molar-refractivity contribution in [2.45, 2.75) is 23.2 Å². The summed E-state index contributed by atoms with van der Waals surface area (Å²) < 4.78 is 66.3. The summed E-state index contributed by atoms with van der Waals surface area (Å²) >= 11 is 0. The number of para-hydroxylation sites is 1. The molecule has 22 heavy (non-hydrogen) atoms. The first-order valence-electron chi connectivity index (χ1n) is 6.72. The van der Waals surface area contributed by atoms with Crippen molar-refractivity contribution < 1.29 is 26.3 Å². The molecule has 0 amide bonds. The molecule has 0 aliphatic carbocycles. The van der Waals surface area contributed by atoms with Crippen LogP contribution in [0.3, 0.4) is 0 Å². The van der Waals surface area contributed by atoms with Gasteiger partial charge < -0.3 is 10.1 Å². The van der Waals surface area contributed by atoms with E-state index in [4.69, 9.17) is 4.74 Å². The van der Waals surface area contributed by atoms with Gasteiger partial charge in [0.2, 0.25) is 0 Å². The molecule has 122 valence electrons. The highest BCUT2D eigenvalue weighted by molar-refractivity contribution is 7.92. The van der Waals surface area contributed by atoms with Crippen LogP contribution in [0.5, 0.6) is 0 Å². The number of hydrogen-bond acceptors (Lipinski definition) is 4. The molecule has 0 saturated heterocycles. The summed E-state index contributed by atoms with van der Waals surface area (Å²) in [6.07, 6.45) is 3.34. The van der Waals surface area contributed by atoms with Crippen LogP contribution in [0.2, 0.25) is 0 Å². The van der Waals surface area contributed by atoms with Gasteiger partial charge in [-0.2, -0.15) is 13.2 Å². The highest BCUT2D eigenvalue weighted by atomic mass is 32.2. The Hall–Kier alpha value is -1.54. The van der Waals surface area contributed by atoms with Gasteiger partial charge >= 0.3 is 5.51 Å². The quantitative estimate of drug-likeness (QED) is 0.840. The lowest BCUT2D eigenvalue weighted by atomic mass is 10.1.